The molecule has 216 valence electrons. The molecule has 1 aliphatic rings. The van der Waals surface area contributed by atoms with Gasteiger partial charge in [-0.05, 0) is 49.1 Å². The van der Waals surface area contributed by atoms with Crippen LogP contribution in [-0.2, 0) is 32.2 Å². The second kappa shape index (κ2) is 11.3. The molecule has 0 spiro atoms. The van der Waals surface area contributed by atoms with E-state index in [1.165, 1.54) is 36.6 Å². The predicted octanol–water partition coefficient (Wildman–Crippen LogP) is 4.38. The molecule has 0 unspecified atom stereocenters. The summed E-state index contributed by atoms with van der Waals surface area (Å²) < 4.78 is 61.7. The Labute approximate surface area is 233 Å². The van der Waals surface area contributed by atoms with E-state index in [9.17, 15) is 18.0 Å². The Morgan fingerprint density at radius 3 is 2.68 bits per heavy atom. The van der Waals surface area contributed by atoms with Crippen molar-refractivity contribution in [3.63, 3.8) is 0 Å². The number of amides is 1. The van der Waals surface area contributed by atoms with Crippen molar-refractivity contribution < 1.29 is 27.1 Å². The Morgan fingerprint density at radius 2 is 1.98 bits per heavy atom. The van der Waals surface area contributed by atoms with Crippen LogP contribution >= 0.6 is 0 Å². The largest absolute Gasteiger partial charge is 0.494 e. The van der Waals surface area contributed by atoms with Gasteiger partial charge < -0.3 is 10.1 Å². The quantitative estimate of drug-likeness (QED) is 0.316. The maximum atomic E-state index is 15.2. The lowest BCUT2D eigenvalue weighted by atomic mass is 9.96. The third-order valence-corrected chi connectivity index (χ3v) is 7.10. The highest BCUT2D eigenvalue weighted by Crippen LogP contribution is 2.29. The maximum Gasteiger partial charge on any atom is 0.453 e. The minimum absolute atomic E-state index is 0.0225. The average molecular weight is 572 g/mol. The summed E-state index contributed by atoms with van der Waals surface area (Å²) in [5.41, 5.74) is 3.80. The van der Waals surface area contributed by atoms with E-state index < -0.39 is 23.7 Å². The van der Waals surface area contributed by atoms with Crippen molar-refractivity contribution in [2.24, 2.45) is 0 Å². The minimum Gasteiger partial charge on any atom is -0.494 e. The molecule has 3 heterocycles. The molecule has 1 amide bonds. The van der Waals surface area contributed by atoms with Gasteiger partial charge in [0.2, 0.25) is 0 Å². The van der Waals surface area contributed by atoms with Crippen LogP contribution < -0.4 is 10.1 Å². The summed E-state index contributed by atoms with van der Waals surface area (Å²) in [5, 5.41) is 10.3. The standard InChI is InChI=1S/C28H29F4N7O2/c1-17(2)37-9-8-19-5-4-18(10-20(19)14-37)13-38-15-21(11-35-38)26(40)33-12-22-23(6-7-24(41-3)25(22)29)39-16-34-27(36-39)28(30,31)32/h4-7,10-11,15-17H,8-9,12-14H2,1-3H3,(H,33,40). The number of nitrogens with zero attached hydrogens (tertiary/aromatic N) is 6. The Balaban J connectivity index is 1.29. The number of carbonyl (C=O) groups is 1. The monoisotopic (exact) mass is 571 g/mol. The first-order valence-electron chi connectivity index (χ1n) is 13.0. The maximum absolute atomic E-state index is 15.2. The zero-order valence-corrected chi connectivity index (χ0v) is 22.7. The number of halogens is 4. The second-order valence-corrected chi connectivity index (χ2v) is 10.1. The zero-order valence-electron chi connectivity index (χ0n) is 22.7. The predicted molar refractivity (Wildman–Crippen MR) is 141 cm³/mol. The van der Waals surface area contributed by atoms with Crippen molar-refractivity contribution >= 4 is 5.91 Å². The number of fused-ring (bicyclic) bond motifs is 1. The van der Waals surface area contributed by atoms with Gasteiger partial charge in [0, 0.05) is 37.4 Å². The van der Waals surface area contributed by atoms with E-state index in [2.05, 4.69) is 57.4 Å². The molecule has 41 heavy (non-hydrogen) atoms. The molecule has 0 saturated carbocycles. The Kier molecular flexibility index (Phi) is 7.80. The average Bonchev–Trinajstić information content (AvgIpc) is 3.62. The van der Waals surface area contributed by atoms with Crippen molar-refractivity contribution in [3.8, 4) is 11.4 Å². The van der Waals surface area contributed by atoms with Crippen LogP contribution in [0.2, 0.25) is 0 Å². The number of alkyl halides is 3. The van der Waals surface area contributed by atoms with E-state index in [0.29, 0.717) is 12.6 Å². The van der Waals surface area contributed by atoms with E-state index in [4.69, 9.17) is 4.74 Å². The molecule has 1 N–H and O–H groups in total. The summed E-state index contributed by atoms with van der Waals surface area (Å²) in [6.45, 7) is 6.42. The van der Waals surface area contributed by atoms with Crippen molar-refractivity contribution in [1.29, 1.82) is 0 Å². The first-order valence-corrected chi connectivity index (χ1v) is 13.0. The highest BCUT2D eigenvalue weighted by Gasteiger charge is 2.36. The molecule has 0 bridgehead atoms. The lowest BCUT2D eigenvalue weighted by Gasteiger charge is -2.32. The molecule has 1 aliphatic heterocycles. The van der Waals surface area contributed by atoms with Gasteiger partial charge in [-0.25, -0.2) is 14.1 Å². The van der Waals surface area contributed by atoms with Gasteiger partial charge in [-0.2, -0.15) is 18.3 Å². The number of hydrogen-bond donors (Lipinski definition) is 1. The molecule has 0 radical (unpaired) electrons. The van der Waals surface area contributed by atoms with Crippen molar-refractivity contribution in [3.05, 3.63) is 88.5 Å². The number of rotatable bonds is 8. The van der Waals surface area contributed by atoms with E-state index in [1.807, 2.05) is 0 Å². The molecule has 4 aromatic rings. The fourth-order valence-electron chi connectivity index (χ4n) is 4.84. The third-order valence-electron chi connectivity index (χ3n) is 7.10. The smallest absolute Gasteiger partial charge is 0.453 e. The number of carbonyl (C=O) groups excluding carboxylic acids is 1. The van der Waals surface area contributed by atoms with Crippen LogP contribution in [-0.4, -0.2) is 55.0 Å². The molecule has 0 saturated heterocycles. The number of nitrogens with one attached hydrogen (secondary N) is 1. The molecular weight excluding hydrogens is 542 g/mol. The fourth-order valence-corrected chi connectivity index (χ4v) is 4.84. The first-order chi connectivity index (χ1) is 19.5. The van der Waals surface area contributed by atoms with Gasteiger partial charge in [0.25, 0.3) is 11.7 Å². The second-order valence-electron chi connectivity index (χ2n) is 10.1. The number of methoxy groups -OCH3 is 1. The summed E-state index contributed by atoms with van der Waals surface area (Å²) in [7, 11) is 1.26. The van der Waals surface area contributed by atoms with Crippen LogP contribution in [0, 0.1) is 5.82 Å². The Bertz CT molecular complexity index is 1560. The Morgan fingerprint density at radius 1 is 1.17 bits per heavy atom. The lowest BCUT2D eigenvalue weighted by molar-refractivity contribution is -0.144. The van der Waals surface area contributed by atoms with E-state index in [-0.39, 0.29) is 29.1 Å². The van der Waals surface area contributed by atoms with Crippen LogP contribution in [0.25, 0.3) is 5.69 Å². The van der Waals surface area contributed by atoms with Crippen LogP contribution in [0.5, 0.6) is 5.75 Å². The summed E-state index contributed by atoms with van der Waals surface area (Å²) in [4.78, 5) is 18.6. The summed E-state index contributed by atoms with van der Waals surface area (Å²) in [6.07, 6.45) is 0.0733. The molecule has 0 fully saturated rings. The SMILES string of the molecule is COc1ccc(-n2cnc(C(F)(F)F)n2)c(CNC(=O)c2cnn(Cc3ccc4c(c3)CN(C(C)C)CC4)c2)c1F. The topological polar surface area (TPSA) is 90.1 Å². The van der Waals surface area contributed by atoms with Crippen molar-refractivity contribution in [2.75, 3.05) is 13.7 Å². The van der Waals surface area contributed by atoms with Gasteiger partial charge in [-0.1, -0.05) is 18.2 Å². The van der Waals surface area contributed by atoms with Gasteiger partial charge in [-0.15, -0.1) is 5.10 Å². The number of benzene rings is 2. The highest BCUT2D eigenvalue weighted by atomic mass is 19.4. The third kappa shape index (κ3) is 6.09. The number of ether oxygens (including phenoxy) is 1. The van der Waals surface area contributed by atoms with Gasteiger partial charge in [0.05, 0.1) is 31.1 Å². The van der Waals surface area contributed by atoms with Gasteiger partial charge in [0.15, 0.2) is 11.6 Å². The normalized spacial score (nSPS) is 13.9. The highest BCUT2D eigenvalue weighted by molar-refractivity contribution is 5.93. The molecule has 9 nitrogen and oxygen atoms in total. The van der Waals surface area contributed by atoms with E-state index >= 15 is 4.39 Å². The van der Waals surface area contributed by atoms with Crippen LogP contribution in [0.4, 0.5) is 17.6 Å². The molecule has 2 aromatic carbocycles. The molecule has 0 aliphatic carbocycles. The molecule has 5 rings (SSSR count). The first kappa shape index (κ1) is 28.3. The molecule has 0 atom stereocenters. The van der Waals surface area contributed by atoms with Crippen LogP contribution in [0.3, 0.4) is 0 Å². The number of aromatic nitrogens is 5. The minimum atomic E-state index is -4.77. The van der Waals surface area contributed by atoms with E-state index in [0.717, 1.165) is 36.1 Å². The van der Waals surface area contributed by atoms with Gasteiger partial charge in [0.1, 0.15) is 6.33 Å². The van der Waals surface area contributed by atoms with Crippen molar-refractivity contribution in [1.82, 2.24) is 34.8 Å². The Hall–Kier alpha value is -4.26. The van der Waals surface area contributed by atoms with Gasteiger partial charge >= 0.3 is 6.18 Å². The van der Waals surface area contributed by atoms with Gasteiger partial charge in [-0.3, -0.25) is 14.4 Å². The van der Waals surface area contributed by atoms with Crippen LogP contribution in [0.15, 0.2) is 49.1 Å². The summed E-state index contributed by atoms with van der Waals surface area (Å²) in [5.74, 6) is -2.87. The number of hydrogen-bond acceptors (Lipinski definition) is 6. The zero-order chi connectivity index (χ0) is 29.3. The summed E-state index contributed by atoms with van der Waals surface area (Å²) in [6, 6.07) is 9.45. The molecular formula is C28H29F4N7O2. The van der Waals surface area contributed by atoms with Crippen molar-refractivity contribution in [2.45, 2.75) is 52.1 Å². The summed E-state index contributed by atoms with van der Waals surface area (Å²) >= 11 is 0. The van der Waals surface area contributed by atoms with E-state index in [1.54, 1.807) is 10.9 Å². The fraction of sp³-hybridized carbons (Fsp3) is 0.357. The molecule has 13 heteroatoms. The van der Waals surface area contributed by atoms with Crippen LogP contribution in [0.1, 0.15) is 52.3 Å². The molecule has 2 aromatic heterocycles. The lowest BCUT2D eigenvalue weighted by Crippen LogP contribution is -2.35.